The van der Waals surface area contributed by atoms with E-state index in [4.69, 9.17) is 4.74 Å². The Kier molecular flexibility index (Phi) is 2.48. The molecule has 4 aliphatic rings. The van der Waals surface area contributed by atoms with Crippen molar-refractivity contribution in [2.45, 2.75) is 45.1 Å². The van der Waals surface area contributed by atoms with Gasteiger partial charge in [-0.2, -0.15) is 0 Å². The third-order valence-electron chi connectivity index (χ3n) is 5.48. The first-order valence-corrected chi connectivity index (χ1v) is 7.56. The lowest BCUT2D eigenvalue weighted by molar-refractivity contribution is -0.169. The van der Waals surface area contributed by atoms with Crippen LogP contribution in [0.5, 0.6) is 0 Å². The molecule has 1 aromatic carbocycles. The topological polar surface area (TPSA) is 43.4 Å². The smallest absolute Gasteiger partial charge is 0.317 e. The van der Waals surface area contributed by atoms with Crippen molar-refractivity contribution in [1.29, 1.82) is 0 Å². The first-order valence-electron chi connectivity index (χ1n) is 7.56. The first-order chi connectivity index (χ1) is 10.0. The summed E-state index contributed by atoms with van der Waals surface area (Å²) in [7, 11) is 0. The van der Waals surface area contributed by atoms with Gasteiger partial charge in [0.2, 0.25) is 0 Å². The quantitative estimate of drug-likeness (QED) is 0.743. The minimum atomic E-state index is -0.661. The van der Waals surface area contributed by atoms with E-state index in [1.165, 1.54) is 11.1 Å². The van der Waals surface area contributed by atoms with E-state index in [0.717, 1.165) is 24.0 Å². The maximum atomic E-state index is 12.5. The van der Waals surface area contributed by atoms with E-state index < -0.39 is 5.41 Å². The van der Waals surface area contributed by atoms with E-state index in [-0.39, 0.29) is 23.8 Å². The summed E-state index contributed by atoms with van der Waals surface area (Å²) in [5.41, 5.74) is 3.58. The molecular weight excluding hydrogens is 264 g/mol. The molecule has 2 aliphatic carbocycles. The molecule has 3 nitrogen and oxygen atoms in total. The van der Waals surface area contributed by atoms with Gasteiger partial charge >= 0.3 is 5.97 Å². The highest BCUT2D eigenvalue weighted by Crippen LogP contribution is 2.58. The Morgan fingerprint density at radius 1 is 1.14 bits per heavy atom. The lowest BCUT2D eigenvalue weighted by atomic mass is 9.59. The van der Waals surface area contributed by atoms with Crippen molar-refractivity contribution in [3.8, 4) is 0 Å². The molecule has 1 aromatic rings. The van der Waals surface area contributed by atoms with Crippen LogP contribution >= 0.6 is 0 Å². The van der Waals surface area contributed by atoms with Crippen molar-refractivity contribution in [3.63, 3.8) is 0 Å². The monoisotopic (exact) mass is 282 g/mol. The fourth-order valence-electron chi connectivity index (χ4n) is 4.26. The minimum absolute atomic E-state index is 0.119. The zero-order valence-electron chi connectivity index (χ0n) is 12.3. The number of fused-ring (bicyclic) bond motifs is 2. The zero-order chi connectivity index (χ0) is 14.8. The summed E-state index contributed by atoms with van der Waals surface area (Å²) in [4.78, 5) is 24.6. The Hall–Kier alpha value is -1.90. The van der Waals surface area contributed by atoms with E-state index in [1.807, 2.05) is 6.92 Å². The molecule has 2 heterocycles. The molecule has 1 fully saturated rings. The molecule has 0 N–H and O–H groups in total. The van der Waals surface area contributed by atoms with Gasteiger partial charge in [0.05, 0.1) is 5.41 Å². The standard InChI is InChI=1S/C18H18O3/c1-10-3-5-11(6-4-10)13-9-15-16-12(7-8-14(16)19)18(13,2)17(20)21-15/h3-6,13,15H,7-9H2,1-2H3/t13-,15?,18?/m0/s1. The van der Waals surface area contributed by atoms with Gasteiger partial charge in [-0.1, -0.05) is 29.8 Å². The summed E-state index contributed by atoms with van der Waals surface area (Å²) in [6.07, 6.45) is 1.67. The number of ketones is 1. The van der Waals surface area contributed by atoms with Crippen molar-refractivity contribution in [1.82, 2.24) is 0 Å². The average molecular weight is 282 g/mol. The summed E-state index contributed by atoms with van der Waals surface area (Å²) < 4.78 is 5.53. The van der Waals surface area contributed by atoms with Crippen LogP contribution in [0.3, 0.4) is 0 Å². The van der Waals surface area contributed by atoms with E-state index >= 15 is 0 Å². The number of benzene rings is 1. The van der Waals surface area contributed by atoms with Gasteiger partial charge in [-0.15, -0.1) is 0 Å². The lowest BCUT2D eigenvalue weighted by Crippen LogP contribution is -2.51. The molecule has 5 rings (SSSR count). The lowest BCUT2D eigenvalue weighted by Gasteiger charge is -2.49. The van der Waals surface area contributed by atoms with Crippen molar-refractivity contribution < 1.29 is 14.3 Å². The van der Waals surface area contributed by atoms with Gasteiger partial charge in [0.25, 0.3) is 0 Å². The number of esters is 1. The van der Waals surface area contributed by atoms with Crippen molar-refractivity contribution in [3.05, 3.63) is 46.5 Å². The average Bonchev–Trinajstić information content (AvgIpc) is 2.86. The van der Waals surface area contributed by atoms with Gasteiger partial charge in [0, 0.05) is 17.9 Å². The molecular formula is C18H18O3. The van der Waals surface area contributed by atoms with Gasteiger partial charge in [-0.05, 0) is 37.8 Å². The number of aryl methyl sites for hydroxylation is 1. The van der Waals surface area contributed by atoms with E-state index in [2.05, 4.69) is 31.2 Å². The van der Waals surface area contributed by atoms with Crippen molar-refractivity contribution in [2.75, 3.05) is 0 Å². The van der Waals surface area contributed by atoms with Gasteiger partial charge in [-0.3, -0.25) is 9.59 Å². The van der Waals surface area contributed by atoms with Crippen LogP contribution in [0.25, 0.3) is 0 Å². The van der Waals surface area contributed by atoms with Crippen LogP contribution in [0.15, 0.2) is 35.4 Å². The SMILES string of the molecule is Cc1ccc([C@@H]2CC3OC(=O)C2(C)C2=C3C(=O)CC2)cc1. The van der Waals surface area contributed by atoms with E-state index in [1.54, 1.807) is 0 Å². The second kappa shape index (κ2) is 4.06. The number of carbonyl (C=O) groups is 2. The van der Waals surface area contributed by atoms with E-state index in [9.17, 15) is 9.59 Å². The fraction of sp³-hybridized carbons (Fsp3) is 0.444. The number of hydrogen-bond acceptors (Lipinski definition) is 3. The predicted octanol–water partition coefficient (Wildman–Crippen LogP) is 3.07. The van der Waals surface area contributed by atoms with Crippen LogP contribution in [0.1, 0.15) is 43.2 Å². The second-order valence-electron chi connectivity index (χ2n) is 6.61. The summed E-state index contributed by atoms with van der Waals surface area (Å²) in [6, 6.07) is 8.38. The molecule has 3 heteroatoms. The molecule has 2 aliphatic heterocycles. The molecule has 0 spiro atoms. The van der Waals surface area contributed by atoms with Gasteiger partial charge < -0.3 is 4.74 Å². The van der Waals surface area contributed by atoms with Gasteiger partial charge in [0.15, 0.2) is 5.78 Å². The first kappa shape index (κ1) is 12.8. The summed E-state index contributed by atoms with van der Waals surface area (Å²) >= 11 is 0. The fourth-order valence-corrected chi connectivity index (χ4v) is 4.26. The molecule has 21 heavy (non-hydrogen) atoms. The maximum Gasteiger partial charge on any atom is 0.317 e. The molecule has 2 bridgehead atoms. The minimum Gasteiger partial charge on any atom is -0.457 e. The third kappa shape index (κ3) is 1.55. The van der Waals surface area contributed by atoms with Crippen molar-refractivity contribution >= 4 is 11.8 Å². The third-order valence-corrected chi connectivity index (χ3v) is 5.48. The number of hydrogen-bond donors (Lipinski definition) is 0. The number of rotatable bonds is 1. The summed E-state index contributed by atoms with van der Waals surface area (Å²) in [6.45, 7) is 4.02. The highest BCUT2D eigenvalue weighted by atomic mass is 16.5. The number of Topliss-reactive ketones (excluding diaryl/α,β-unsaturated/α-hetero) is 1. The van der Waals surface area contributed by atoms with Crippen LogP contribution < -0.4 is 0 Å². The van der Waals surface area contributed by atoms with Crippen LogP contribution in [-0.2, 0) is 14.3 Å². The Morgan fingerprint density at radius 3 is 2.57 bits per heavy atom. The Bertz CT molecular complexity index is 683. The number of ether oxygens (including phenoxy) is 1. The van der Waals surface area contributed by atoms with Crippen LogP contribution in [0.2, 0.25) is 0 Å². The molecule has 1 saturated heterocycles. The molecule has 0 aromatic heterocycles. The highest BCUT2D eigenvalue weighted by molar-refractivity contribution is 6.04. The number of carbonyl (C=O) groups excluding carboxylic acids is 2. The molecule has 0 saturated carbocycles. The van der Waals surface area contributed by atoms with Gasteiger partial charge in [0.1, 0.15) is 6.10 Å². The Morgan fingerprint density at radius 2 is 1.86 bits per heavy atom. The zero-order valence-corrected chi connectivity index (χ0v) is 12.3. The molecule has 108 valence electrons. The molecule has 0 amide bonds. The van der Waals surface area contributed by atoms with Crippen LogP contribution in [-0.4, -0.2) is 17.9 Å². The van der Waals surface area contributed by atoms with Crippen LogP contribution in [0, 0.1) is 12.3 Å². The molecule has 2 unspecified atom stereocenters. The predicted molar refractivity (Wildman–Crippen MR) is 77.8 cm³/mol. The highest BCUT2D eigenvalue weighted by Gasteiger charge is 2.59. The molecule has 0 radical (unpaired) electrons. The summed E-state index contributed by atoms with van der Waals surface area (Å²) in [5.74, 6) is 0.142. The van der Waals surface area contributed by atoms with Crippen LogP contribution in [0.4, 0.5) is 0 Å². The summed E-state index contributed by atoms with van der Waals surface area (Å²) in [5, 5.41) is 0. The second-order valence-corrected chi connectivity index (χ2v) is 6.61. The van der Waals surface area contributed by atoms with E-state index in [0.29, 0.717) is 6.42 Å². The maximum absolute atomic E-state index is 12.5. The Balaban J connectivity index is 1.86. The Labute approximate surface area is 124 Å². The molecule has 3 atom stereocenters. The van der Waals surface area contributed by atoms with Crippen molar-refractivity contribution in [2.24, 2.45) is 5.41 Å². The van der Waals surface area contributed by atoms with Gasteiger partial charge in [-0.25, -0.2) is 0 Å². The normalized spacial score (nSPS) is 34.2. The largest absolute Gasteiger partial charge is 0.457 e.